The van der Waals surface area contributed by atoms with Crippen molar-refractivity contribution in [3.8, 4) is 0 Å². The summed E-state index contributed by atoms with van der Waals surface area (Å²) < 4.78 is 41.8. The van der Waals surface area contributed by atoms with Crippen LogP contribution in [0.3, 0.4) is 0 Å². The lowest BCUT2D eigenvalue weighted by atomic mass is 10.0. The van der Waals surface area contributed by atoms with Crippen LogP contribution in [-0.4, -0.2) is 25.5 Å². The van der Waals surface area contributed by atoms with Crippen molar-refractivity contribution in [1.82, 2.24) is 0 Å². The number of benzene rings is 1. The Balaban J connectivity index is 2.22. The zero-order valence-corrected chi connectivity index (χ0v) is 13.0. The maximum atomic E-state index is 12.4. The Morgan fingerprint density at radius 3 is 2.10 bits per heavy atom. The lowest BCUT2D eigenvalue weighted by molar-refractivity contribution is -0.137. The van der Waals surface area contributed by atoms with Gasteiger partial charge in [-0.15, -0.1) is 0 Å². The number of aryl methyl sites for hydroxylation is 1. The van der Waals surface area contributed by atoms with Gasteiger partial charge in [0.15, 0.2) is 0 Å². The Labute approximate surface area is 123 Å². The van der Waals surface area contributed by atoms with Crippen LogP contribution in [0.5, 0.6) is 0 Å². The van der Waals surface area contributed by atoms with E-state index >= 15 is 0 Å². The van der Waals surface area contributed by atoms with Crippen LogP contribution in [0.4, 0.5) is 13.2 Å². The van der Waals surface area contributed by atoms with Gasteiger partial charge in [0.2, 0.25) is 0 Å². The molecule has 120 valence electrons. The van der Waals surface area contributed by atoms with E-state index in [0.29, 0.717) is 6.42 Å². The van der Waals surface area contributed by atoms with Gasteiger partial charge in [-0.3, -0.25) is 0 Å². The first-order valence-electron chi connectivity index (χ1n) is 6.91. The zero-order chi connectivity index (χ0) is 15.9. The Kier molecular flexibility index (Phi) is 6.86. The van der Waals surface area contributed by atoms with E-state index in [0.717, 1.165) is 43.4 Å². The highest BCUT2D eigenvalue weighted by Gasteiger charge is 2.30. The molecule has 0 saturated carbocycles. The van der Waals surface area contributed by atoms with Gasteiger partial charge in [0.25, 0.3) is 0 Å². The molecule has 0 radical (unpaired) electrons. The summed E-state index contributed by atoms with van der Waals surface area (Å²) in [6, 6.07) is 5.50. The van der Waals surface area contributed by atoms with Crippen LogP contribution in [-0.2, 0) is 17.0 Å². The smallest absolute Gasteiger partial charge is 0.390 e. The molecule has 0 heterocycles. The Hall–Kier alpha value is -0.893. The fourth-order valence-electron chi connectivity index (χ4n) is 2.00. The first-order chi connectivity index (χ1) is 9.74. The fraction of sp³-hybridized carbons (Fsp3) is 0.571. The van der Waals surface area contributed by atoms with Gasteiger partial charge in [0.05, 0.1) is 5.56 Å². The molecular formula is C14H21F3O3Si. The maximum absolute atomic E-state index is 12.4. The van der Waals surface area contributed by atoms with Gasteiger partial charge >= 0.3 is 15.0 Å². The summed E-state index contributed by atoms with van der Waals surface area (Å²) in [6.07, 6.45) is -0.271. The lowest BCUT2D eigenvalue weighted by Crippen LogP contribution is -2.37. The molecule has 21 heavy (non-hydrogen) atoms. The van der Waals surface area contributed by atoms with E-state index in [2.05, 4.69) is 4.43 Å². The van der Waals surface area contributed by atoms with Crippen LogP contribution in [0.1, 0.15) is 36.8 Å². The molecule has 1 aromatic carbocycles. The van der Waals surface area contributed by atoms with Crippen LogP contribution in [0.15, 0.2) is 24.3 Å². The normalized spacial score (nSPS) is 12.7. The molecule has 0 aliphatic heterocycles. The Morgan fingerprint density at radius 1 is 1.00 bits per heavy atom. The van der Waals surface area contributed by atoms with Gasteiger partial charge in [-0.1, -0.05) is 25.0 Å². The molecule has 0 atom stereocenters. The molecule has 2 N–H and O–H groups in total. The minimum Gasteiger partial charge on any atom is -0.390 e. The Morgan fingerprint density at radius 2 is 1.57 bits per heavy atom. The number of rotatable bonds is 8. The van der Waals surface area contributed by atoms with E-state index in [1.807, 2.05) is 0 Å². The lowest BCUT2D eigenvalue weighted by Gasteiger charge is -2.13. The third-order valence-electron chi connectivity index (χ3n) is 3.33. The number of hydrogen-bond acceptors (Lipinski definition) is 3. The van der Waals surface area contributed by atoms with Crippen molar-refractivity contribution in [2.45, 2.75) is 44.3 Å². The predicted octanol–water partition coefficient (Wildman–Crippen LogP) is 3.38. The average molecular weight is 322 g/mol. The fourth-order valence-corrected chi connectivity index (χ4v) is 2.92. The predicted molar refractivity (Wildman–Crippen MR) is 75.6 cm³/mol. The van der Waals surface area contributed by atoms with Crippen LogP contribution < -0.4 is 0 Å². The molecule has 1 rings (SSSR count). The van der Waals surface area contributed by atoms with Gasteiger partial charge in [-0.05, 0) is 37.0 Å². The molecule has 7 heteroatoms. The number of alkyl halides is 3. The standard InChI is InChI=1S/C14H21F3O3Si/c1-20-21(18,19)11-5-3-2-4-6-12-7-9-13(10-8-12)14(15,16)17/h7-10,18-19H,2-6,11H2,1H3. The van der Waals surface area contributed by atoms with Gasteiger partial charge in [0, 0.05) is 13.2 Å². The van der Waals surface area contributed by atoms with E-state index in [1.54, 1.807) is 0 Å². The van der Waals surface area contributed by atoms with Gasteiger partial charge in [-0.25, -0.2) is 0 Å². The molecule has 1 aromatic rings. The molecule has 0 amide bonds. The monoisotopic (exact) mass is 322 g/mol. The van der Waals surface area contributed by atoms with Crippen molar-refractivity contribution in [3.63, 3.8) is 0 Å². The molecule has 0 fully saturated rings. The molecule has 0 unspecified atom stereocenters. The molecule has 0 bridgehead atoms. The first kappa shape index (κ1) is 18.2. The van der Waals surface area contributed by atoms with Crippen LogP contribution >= 0.6 is 0 Å². The summed E-state index contributed by atoms with van der Waals surface area (Å²) in [5, 5.41) is 0. The second-order valence-corrected chi connectivity index (χ2v) is 7.45. The molecule has 0 aliphatic carbocycles. The third kappa shape index (κ3) is 7.08. The van der Waals surface area contributed by atoms with E-state index in [4.69, 9.17) is 0 Å². The van der Waals surface area contributed by atoms with Crippen molar-refractivity contribution >= 4 is 8.80 Å². The first-order valence-corrected chi connectivity index (χ1v) is 8.91. The van der Waals surface area contributed by atoms with Gasteiger partial charge in [-0.2, -0.15) is 13.2 Å². The van der Waals surface area contributed by atoms with Crippen molar-refractivity contribution in [1.29, 1.82) is 0 Å². The highest BCUT2D eigenvalue weighted by Crippen LogP contribution is 2.29. The van der Waals surface area contributed by atoms with Gasteiger partial charge < -0.3 is 14.0 Å². The van der Waals surface area contributed by atoms with E-state index < -0.39 is 20.5 Å². The number of unbranched alkanes of at least 4 members (excludes halogenated alkanes) is 3. The van der Waals surface area contributed by atoms with Crippen LogP contribution in [0, 0.1) is 0 Å². The van der Waals surface area contributed by atoms with Crippen molar-refractivity contribution in [2.75, 3.05) is 7.11 Å². The van der Waals surface area contributed by atoms with E-state index in [9.17, 15) is 22.8 Å². The molecular weight excluding hydrogens is 301 g/mol. The highest BCUT2D eigenvalue weighted by atomic mass is 28.4. The maximum Gasteiger partial charge on any atom is 0.495 e. The third-order valence-corrected chi connectivity index (χ3v) is 4.98. The Bertz CT molecular complexity index is 418. The minimum atomic E-state index is -4.29. The SMILES string of the molecule is CO[Si](O)(O)CCCCCCc1ccc(C(F)(F)F)cc1. The van der Waals surface area contributed by atoms with E-state index in [-0.39, 0.29) is 6.04 Å². The summed E-state index contributed by atoms with van der Waals surface area (Å²) in [6.45, 7) is 0. The summed E-state index contributed by atoms with van der Waals surface area (Å²) >= 11 is 0. The van der Waals surface area contributed by atoms with Crippen LogP contribution in [0.2, 0.25) is 6.04 Å². The quantitative estimate of drug-likeness (QED) is 0.570. The van der Waals surface area contributed by atoms with Crippen molar-refractivity contribution in [3.05, 3.63) is 35.4 Å². The molecule has 0 aromatic heterocycles. The molecule has 0 aliphatic rings. The highest BCUT2D eigenvalue weighted by molar-refractivity contribution is 6.57. The topological polar surface area (TPSA) is 49.7 Å². The number of hydrogen-bond donors (Lipinski definition) is 2. The second-order valence-electron chi connectivity index (χ2n) is 5.06. The number of halogens is 3. The minimum absolute atomic E-state index is 0.282. The summed E-state index contributed by atoms with van der Waals surface area (Å²) in [4.78, 5) is 18.7. The molecule has 3 nitrogen and oxygen atoms in total. The molecule has 0 spiro atoms. The summed E-state index contributed by atoms with van der Waals surface area (Å²) in [5.74, 6) is 0. The average Bonchev–Trinajstić information content (AvgIpc) is 2.42. The van der Waals surface area contributed by atoms with Gasteiger partial charge in [0.1, 0.15) is 0 Å². The zero-order valence-electron chi connectivity index (χ0n) is 12.0. The second kappa shape index (κ2) is 7.93. The largest absolute Gasteiger partial charge is 0.495 e. The molecule has 0 saturated heterocycles. The summed E-state index contributed by atoms with van der Waals surface area (Å²) in [5.41, 5.74) is 0.255. The van der Waals surface area contributed by atoms with E-state index in [1.165, 1.54) is 19.2 Å². The van der Waals surface area contributed by atoms with Crippen molar-refractivity contribution < 1.29 is 27.2 Å². The van der Waals surface area contributed by atoms with Crippen LogP contribution in [0.25, 0.3) is 0 Å². The summed E-state index contributed by atoms with van der Waals surface area (Å²) in [7, 11) is -2.14. The van der Waals surface area contributed by atoms with Crippen molar-refractivity contribution in [2.24, 2.45) is 0 Å².